The smallest absolute Gasteiger partial charge is 0.381 e. The van der Waals surface area contributed by atoms with Crippen molar-refractivity contribution in [1.82, 2.24) is 14.8 Å². The third-order valence-electron chi connectivity index (χ3n) is 5.36. The zero-order valence-corrected chi connectivity index (χ0v) is 17.4. The van der Waals surface area contributed by atoms with Crippen LogP contribution in [0, 0.1) is 12.8 Å². The van der Waals surface area contributed by atoms with Crippen LogP contribution in [-0.2, 0) is 17.5 Å². The summed E-state index contributed by atoms with van der Waals surface area (Å²) in [5.41, 5.74) is 0.812. The van der Waals surface area contributed by atoms with Gasteiger partial charge in [0.15, 0.2) is 5.65 Å². The third kappa shape index (κ3) is 4.52. The molecule has 6 nitrogen and oxygen atoms in total. The van der Waals surface area contributed by atoms with Gasteiger partial charge in [0, 0.05) is 31.6 Å². The molecule has 3 aromatic rings. The van der Waals surface area contributed by atoms with E-state index in [4.69, 9.17) is 16.3 Å². The molecule has 0 saturated carbocycles. The molecule has 1 N–H and O–H groups in total. The van der Waals surface area contributed by atoms with E-state index in [-0.39, 0.29) is 16.3 Å². The SMILES string of the molecule is Cc1nn(CC2CCOCC2)c2ncc(C(=O)Nc3ccc(C(F)(F)F)cc3)c(Cl)c12. The zero-order valence-electron chi connectivity index (χ0n) is 16.7. The summed E-state index contributed by atoms with van der Waals surface area (Å²) in [4.78, 5) is 17.1. The van der Waals surface area contributed by atoms with Gasteiger partial charge in [-0.15, -0.1) is 0 Å². The number of benzene rings is 1. The van der Waals surface area contributed by atoms with Gasteiger partial charge in [-0.25, -0.2) is 9.67 Å². The molecule has 0 aliphatic carbocycles. The molecule has 0 atom stereocenters. The van der Waals surface area contributed by atoms with Gasteiger partial charge in [-0.1, -0.05) is 11.6 Å². The number of fused-ring (bicyclic) bond motifs is 1. The van der Waals surface area contributed by atoms with Crippen molar-refractivity contribution < 1.29 is 22.7 Å². The summed E-state index contributed by atoms with van der Waals surface area (Å²) in [5.74, 6) is -0.129. The highest BCUT2D eigenvalue weighted by molar-refractivity contribution is 6.39. The van der Waals surface area contributed by atoms with E-state index >= 15 is 0 Å². The van der Waals surface area contributed by atoms with E-state index in [1.54, 1.807) is 6.92 Å². The molecule has 0 spiro atoms. The first kappa shape index (κ1) is 21.6. The second-order valence-electron chi connectivity index (χ2n) is 7.54. The number of aromatic nitrogens is 3. The average Bonchev–Trinajstić information content (AvgIpc) is 3.04. The number of anilines is 1. The van der Waals surface area contributed by atoms with Crippen LogP contribution in [0.15, 0.2) is 30.5 Å². The summed E-state index contributed by atoms with van der Waals surface area (Å²) in [6, 6.07) is 4.20. The van der Waals surface area contributed by atoms with E-state index in [1.165, 1.54) is 18.3 Å². The highest BCUT2D eigenvalue weighted by Gasteiger charge is 2.30. The number of halogens is 4. The molecule has 1 saturated heterocycles. The van der Waals surface area contributed by atoms with E-state index < -0.39 is 17.6 Å². The van der Waals surface area contributed by atoms with Crippen LogP contribution in [0.25, 0.3) is 11.0 Å². The number of aryl methyl sites for hydroxylation is 1. The summed E-state index contributed by atoms with van der Waals surface area (Å²) >= 11 is 6.53. The van der Waals surface area contributed by atoms with Crippen LogP contribution in [0.1, 0.15) is 34.5 Å². The fraction of sp³-hybridized carbons (Fsp3) is 0.381. The van der Waals surface area contributed by atoms with Gasteiger partial charge >= 0.3 is 6.18 Å². The molecule has 3 heterocycles. The van der Waals surface area contributed by atoms with Crippen LogP contribution < -0.4 is 5.32 Å². The maximum Gasteiger partial charge on any atom is 0.416 e. The van der Waals surface area contributed by atoms with E-state index in [9.17, 15) is 18.0 Å². The number of nitrogens with one attached hydrogen (secondary N) is 1. The highest BCUT2D eigenvalue weighted by atomic mass is 35.5. The van der Waals surface area contributed by atoms with E-state index in [0.29, 0.717) is 29.2 Å². The predicted molar refractivity (Wildman–Crippen MR) is 110 cm³/mol. The molecule has 1 aromatic carbocycles. The summed E-state index contributed by atoms with van der Waals surface area (Å²) in [6.45, 7) is 3.94. The van der Waals surface area contributed by atoms with Crippen LogP contribution in [0.4, 0.5) is 18.9 Å². The fourth-order valence-electron chi connectivity index (χ4n) is 3.67. The first-order chi connectivity index (χ1) is 14.7. The van der Waals surface area contributed by atoms with Gasteiger partial charge in [0.2, 0.25) is 0 Å². The topological polar surface area (TPSA) is 69.0 Å². The summed E-state index contributed by atoms with van der Waals surface area (Å²) < 4.78 is 45.3. The number of amides is 1. The first-order valence-electron chi connectivity index (χ1n) is 9.82. The fourth-order valence-corrected chi connectivity index (χ4v) is 4.03. The first-order valence-corrected chi connectivity index (χ1v) is 10.2. The zero-order chi connectivity index (χ0) is 22.2. The molecule has 0 bridgehead atoms. The molecule has 4 rings (SSSR count). The minimum Gasteiger partial charge on any atom is -0.381 e. The Morgan fingerprint density at radius 2 is 1.94 bits per heavy atom. The van der Waals surface area contributed by atoms with Gasteiger partial charge in [-0.2, -0.15) is 18.3 Å². The largest absolute Gasteiger partial charge is 0.416 e. The summed E-state index contributed by atoms with van der Waals surface area (Å²) in [6.07, 6.45) is -1.18. The van der Waals surface area contributed by atoms with Crippen molar-refractivity contribution in [1.29, 1.82) is 0 Å². The maximum absolute atomic E-state index is 12.7. The van der Waals surface area contributed by atoms with Crippen molar-refractivity contribution in [3.05, 3.63) is 52.3 Å². The van der Waals surface area contributed by atoms with Gasteiger partial charge in [-0.3, -0.25) is 4.79 Å². The summed E-state index contributed by atoms with van der Waals surface area (Å²) in [5, 5.41) is 7.92. The molecule has 164 valence electrons. The number of alkyl halides is 3. The Morgan fingerprint density at radius 3 is 2.58 bits per heavy atom. The molecule has 0 radical (unpaired) electrons. The van der Waals surface area contributed by atoms with Crippen molar-refractivity contribution in [2.45, 2.75) is 32.5 Å². The van der Waals surface area contributed by atoms with Crippen LogP contribution in [0.5, 0.6) is 0 Å². The molecular formula is C21H20ClF3N4O2. The minimum absolute atomic E-state index is 0.128. The lowest BCUT2D eigenvalue weighted by Gasteiger charge is -2.21. The Bertz CT molecular complexity index is 1110. The lowest BCUT2D eigenvalue weighted by atomic mass is 10.0. The van der Waals surface area contributed by atoms with Crippen LogP contribution >= 0.6 is 11.6 Å². The lowest BCUT2D eigenvalue weighted by molar-refractivity contribution is -0.137. The number of carbonyl (C=O) groups is 1. The molecule has 1 aliphatic heterocycles. The van der Waals surface area contributed by atoms with Crippen LogP contribution in [-0.4, -0.2) is 33.9 Å². The van der Waals surface area contributed by atoms with Gasteiger partial charge in [0.25, 0.3) is 5.91 Å². The minimum atomic E-state index is -4.44. The molecule has 2 aromatic heterocycles. The standard InChI is InChI=1S/C21H20ClF3N4O2/c1-12-17-18(22)16(20(30)27-15-4-2-14(3-5-15)21(23,24)25)10-26-19(17)29(28-12)11-13-6-8-31-9-7-13/h2-5,10,13H,6-9,11H2,1H3,(H,27,30). The Balaban J connectivity index is 1.57. The maximum atomic E-state index is 12.7. The molecule has 0 unspecified atom stereocenters. The molecule has 10 heteroatoms. The lowest BCUT2D eigenvalue weighted by Crippen LogP contribution is -2.21. The Kier molecular flexibility index (Phi) is 5.90. The molecule has 1 amide bonds. The van der Waals surface area contributed by atoms with Crippen LogP contribution in [0.3, 0.4) is 0 Å². The van der Waals surface area contributed by atoms with Crippen molar-refractivity contribution >= 4 is 34.2 Å². The van der Waals surface area contributed by atoms with Gasteiger partial charge < -0.3 is 10.1 Å². The number of nitrogens with zero attached hydrogens (tertiary/aromatic N) is 3. The molecule has 1 aliphatic rings. The summed E-state index contributed by atoms with van der Waals surface area (Å²) in [7, 11) is 0. The number of ether oxygens (including phenoxy) is 1. The van der Waals surface area contributed by atoms with E-state index in [1.807, 2.05) is 4.68 Å². The van der Waals surface area contributed by atoms with E-state index in [2.05, 4.69) is 15.4 Å². The Hall–Kier alpha value is -2.65. The van der Waals surface area contributed by atoms with Gasteiger partial charge in [0.05, 0.1) is 27.2 Å². The second kappa shape index (κ2) is 8.47. The van der Waals surface area contributed by atoms with Crippen LogP contribution in [0.2, 0.25) is 5.02 Å². The normalized spacial score (nSPS) is 15.4. The van der Waals surface area contributed by atoms with Crippen molar-refractivity contribution in [2.75, 3.05) is 18.5 Å². The average molecular weight is 453 g/mol. The predicted octanol–water partition coefficient (Wildman–Crippen LogP) is 5.09. The molecule has 31 heavy (non-hydrogen) atoms. The van der Waals surface area contributed by atoms with Gasteiger partial charge in [-0.05, 0) is 49.9 Å². The second-order valence-corrected chi connectivity index (χ2v) is 7.91. The Morgan fingerprint density at radius 1 is 1.26 bits per heavy atom. The number of hydrogen-bond acceptors (Lipinski definition) is 4. The molecule has 1 fully saturated rings. The number of pyridine rings is 1. The monoisotopic (exact) mass is 452 g/mol. The van der Waals surface area contributed by atoms with Crippen molar-refractivity contribution in [3.63, 3.8) is 0 Å². The van der Waals surface area contributed by atoms with Crippen molar-refractivity contribution in [2.24, 2.45) is 5.92 Å². The van der Waals surface area contributed by atoms with E-state index in [0.717, 1.165) is 38.2 Å². The quantitative estimate of drug-likeness (QED) is 0.598. The van der Waals surface area contributed by atoms with Crippen molar-refractivity contribution in [3.8, 4) is 0 Å². The van der Waals surface area contributed by atoms with Gasteiger partial charge in [0.1, 0.15) is 0 Å². The number of rotatable bonds is 4. The third-order valence-corrected chi connectivity index (χ3v) is 5.75. The highest BCUT2D eigenvalue weighted by Crippen LogP contribution is 2.32. The number of carbonyl (C=O) groups excluding carboxylic acids is 1. The number of hydrogen-bond donors (Lipinski definition) is 1. The Labute approximate surface area is 181 Å². The molecular weight excluding hydrogens is 433 g/mol.